The van der Waals surface area contributed by atoms with E-state index in [9.17, 15) is 22.4 Å². The number of alkyl halides is 4. The van der Waals surface area contributed by atoms with E-state index < -0.39 is 24.9 Å². The predicted molar refractivity (Wildman–Crippen MR) is 46.2 cm³/mol. The summed E-state index contributed by atoms with van der Waals surface area (Å²) in [5.41, 5.74) is 0. The Hall–Kier alpha value is -0.910. The zero-order chi connectivity index (χ0) is 11.7. The van der Waals surface area contributed by atoms with Crippen LogP contribution in [0.25, 0.3) is 0 Å². The van der Waals surface area contributed by atoms with Gasteiger partial charge in [0.2, 0.25) is 0 Å². The Balaban J connectivity index is 2.53. The number of halogens is 4. The van der Waals surface area contributed by atoms with E-state index in [1.165, 1.54) is 19.1 Å². The van der Waals surface area contributed by atoms with Crippen molar-refractivity contribution in [3.63, 3.8) is 0 Å². The molecule has 86 valence electrons. The average molecular weight is 225 g/mol. The number of ketones is 1. The summed E-state index contributed by atoms with van der Waals surface area (Å²) in [7, 11) is 0. The molecule has 0 aromatic heterocycles. The first kappa shape index (κ1) is 12.2. The van der Waals surface area contributed by atoms with Crippen molar-refractivity contribution >= 4 is 5.78 Å². The summed E-state index contributed by atoms with van der Waals surface area (Å²) in [5.74, 6) is -8.19. The summed E-state index contributed by atoms with van der Waals surface area (Å²) in [6.45, 7) is -0.709. The SMILES string of the molecule is CC(=O)/C=C/CN1CC(F)(F)C(F)(F)C1. The van der Waals surface area contributed by atoms with Gasteiger partial charge in [0.05, 0.1) is 13.1 Å². The standard InChI is InChI=1S/C9H11F4NO/c1-7(15)3-2-4-14-5-8(10,11)9(12,13)6-14/h2-3H,4-6H2,1H3/b3-2+. The van der Waals surface area contributed by atoms with Crippen LogP contribution in [0.2, 0.25) is 0 Å². The first-order valence-electron chi connectivity index (χ1n) is 4.40. The topological polar surface area (TPSA) is 20.3 Å². The van der Waals surface area contributed by atoms with Gasteiger partial charge in [0.15, 0.2) is 5.78 Å². The molecule has 0 unspecified atom stereocenters. The minimum absolute atomic E-state index is 0.0647. The molecule has 1 saturated heterocycles. The van der Waals surface area contributed by atoms with Gasteiger partial charge in [-0.3, -0.25) is 9.69 Å². The Morgan fingerprint density at radius 3 is 2.13 bits per heavy atom. The van der Waals surface area contributed by atoms with Gasteiger partial charge in [0, 0.05) is 6.54 Å². The van der Waals surface area contributed by atoms with Gasteiger partial charge in [-0.15, -0.1) is 0 Å². The number of allylic oxidation sites excluding steroid dienone is 1. The fraction of sp³-hybridized carbons (Fsp3) is 0.667. The maximum absolute atomic E-state index is 12.7. The molecule has 6 heteroatoms. The molecule has 0 aliphatic carbocycles. The van der Waals surface area contributed by atoms with E-state index in [4.69, 9.17) is 0 Å². The van der Waals surface area contributed by atoms with Crippen LogP contribution in [-0.4, -0.2) is 42.2 Å². The third kappa shape index (κ3) is 2.77. The lowest BCUT2D eigenvalue weighted by atomic mass is 10.2. The number of hydrogen-bond donors (Lipinski definition) is 0. The number of hydrogen-bond acceptors (Lipinski definition) is 2. The van der Waals surface area contributed by atoms with E-state index in [1.54, 1.807) is 0 Å². The van der Waals surface area contributed by atoms with E-state index in [1.807, 2.05) is 0 Å². The molecule has 0 bridgehead atoms. The third-order valence-corrected chi connectivity index (χ3v) is 2.10. The molecule has 1 heterocycles. The summed E-state index contributed by atoms with van der Waals surface area (Å²) in [6.07, 6.45) is 2.48. The van der Waals surface area contributed by atoms with Crippen LogP contribution in [0.4, 0.5) is 17.6 Å². The van der Waals surface area contributed by atoms with E-state index in [0.717, 1.165) is 4.90 Å². The Kier molecular flexibility index (Phi) is 3.18. The Morgan fingerprint density at radius 1 is 1.27 bits per heavy atom. The second-order valence-electron chi connectivity index (χ2n) is 3.59. The molecule has 1 fully saturated rings. The van der Waals surface area contributed by atoms with E-state index in [2.05, 4.69) is 0 Å². The third-order valence-electron chi connectivity index (χ3n) is 2.10. The van der Waals surface area contributed by atoms with E-state index in [-0.39, 0.29) is 12.3 Å². The van der Waals surface area contributed by atoms with Crippen LogP contribution in [0.1, 0.15) is 6.92 Å². The highest BCUT2D eigenvalue weighted by atomic mass is 19.3. The van der Waals surface area contributed by atoms with Crippen LogP contribution in [0.15, 0.2) is 12.2 Å². The summed E-state index contributed by atoms with van der Waals surface area (Å²) < 4.78 is 50.7. The van der Waals surface area contributed by atoms with Crippen molar-refractivity contribution in [3.05, 3.63) is 12.2 Å². The van der Waals surface area contributed by atoms with Crippen molar-refractivity contribution in [1.29, 1.82) is 0 Å². The van der Waals surface area contributed by atoms with Crippen LogP contribution < -0.4 is 0 Å². The summed E-state index contributed by atoms with van der Waals surface area (Å²) in [5, 5.41) is 0. The van der Waals surface area contributed by atoms with Crippen LogP contribution in [0, 0.1) is 0 Å². The van der Waals surface area contributed by atoms with Gasteiger partial charge in [-0.25, -0.2) is 0 Å². The molecule has 1 aliphatic rings. The molecule has 0 saturated carbocycles. The molecule has 0 atom stereocenters. The number of nitrogens with zero attached hydrogens (tertiary/aromatic N) is 1. The quantitative estimate of drug-likeness (QED) is 0.538. The lowest BCUT2D eigenvalue weighted by Crippen LogP contribution is -2.38. The monoisotopic (exact) mass is 225 g/mol. The van der Waals surface area contributed by atoms with Gasteiger partial charge in [-0.05, 0) is 13.0 Å². The van der Waals surface area contributed by atoms with Crippen LogP contribution in [0.5, 0.6) is 0 Å². The molecule has 0 aromatic carbocycles. The number of carbonyl (C=O) groups is 1. The van der Waals surface area contributed by atoms with Crippen molar-refractivity contribution in [1.82, 2.24) is 4.90 Å². The lowest BCUT2D eigenvalue weighted by Gasteiger charge is -2.15. The van der Waals surface area contributed by atoms with Crippen molar-refractivity contribution in [2.75, 3.05) is 19.6 Å². The minimum atomic E-state index is -3.98. The van der Waals surface area contributed by atoms with Gasteiger partial charge in [-0.2, -0.15) is 17.6 Å². The first-order chi connectivity index (χ1) is 6.74. The molecular formula is C9H11F4NO. The van der Waals surface area contributed by atoms with Crippen molar-refractivity contribution in [3.8, 4) is 0 Å². The summed E-state index contributed by atoms with van der Waals surface area (Å²) >= 11 is 0. The van der Waals surface area contributed by atoms with Crippen LogP contribution in [-0.2, 0) is 4.79 Å². The van der Waals surface area contributed by atoms with Crippen molar-refractivity contribution in [2.45, 2.75) is 18.8 Å². The maximum Gasteiger partial charge on any atom is 0.323 e. The average Bonchev–Trinajstić information content (AvgIpc) is 2.19. The maximum atomic E-state index is 12.7. The van der Waals surface area contributed by atoms with Crippen LogP contribution in [0.3, 0.4) is 0 Å². The molecule has 0 amide bonds. The molecule has 0 radical (unpaired) electrons. The van der Waals surface area contributed by atoms with Gasteiger partial charge >= 0.3 is 11.8 Å². The second kappa shape index (κ2) is 3.92. The lowest BCUT2D eigenvalue weighted by molar-refractivity contribution is -0.172. The Morgan fingerprint density at radius 2 is 1.73 bits per heavy atom. The molecular weight excluding hydrogens is 214 g/mol. The fourth-order valence-electron chi connectivity index (χ4n) is 1.35. The fourth-order valence-corrected chi connectivity index (χ4v) is 1.35. The molecule has 1 aliphatic heterocycles. The highest BCUT2D eigenvalue weighted by Crippen LogP contribution is 2.40. The molecule has 0 aromatic rings. The van der Waals surface area contributed by atoms with Crippen molar-refractivity contribution in [2.24, 2.45) is 0 Å². The Bertz CT molecular complexity index is 272. The molecule has 2 nitrogen and oxygen atoms in total. The molecule has 15 heavy (non-hydrogen) atoms. The van der Waals surface area contributed by atoms with Gasteiger partial charge in [-0.1, -0.05) is 6.08 Å². The molecule has 0 N–H and O–H groups in total. The second-order valence-corrected chi connectivity index (χ2v) is 3.59. The summed E-state index contributed by atoms with van der Waals surface area (Å²) in [6, 6.07) is 0. The number of likely N-dealkylation sites (tertiary alicyclic amines) is 1. The van der Waals surface area contributed by atoms with Gasteiger partial charge in [0.1, 0.15) is 0 Å². The first-order valence-corrected chi connectivity index (χ1v) is 4.40. The van der Waals surface area contributed by atoms with Crippen molar-refractivity contribution < 1.29 is 22.4 Å². The highest BCUT2D eigenvalue weighted by molar-refractivity contribution is 5.87. The molecule has 1 rings (SSSR count). The normalized spacial score (nSPS) is 24.9. The smallest absolute Gasteiger partial charge is 0.295 e. The predicted octanol–water partition coefficient (Wildman–Crippen LogP) is 1.72. The summed E-state index contributed by atoms with van der Waals surface area (Å²) in [4.78, 5) is 11.4. The Labute approximate surface area is 84.5 Å². The largest absolute Gasteiger partial charge is 0.323 e. The van der Waals surface area contributed by atoms with Gasteiger partial charge in [0.25, 0.3) is 0 Å². The zero-order valence-electron chi connectivity index (χ0n) is 8.14. The highest BCUT2D eigenvalue weighted by Gasteiger charge is 2.62. The number of carbonyl (C=O) groups excluding carboxylic acids is 1. The van der Waals surface area contributed by atoms with Crippen LogP contribution >= 0.6 is 0 Å². The van der Waals surface area contributed by atoms with Gasteiger partial charge < -0.3 is 0 Å². The minimum Gasteiger partial charge on any atom is -0.295 e. The number of rotatable bonds is 3. The van der Waals surface area contributed by atoms with E-state index >= 15 is 0 Å². The van der Waals surface area contributed by atoms with E-state index in [0.29, 0.717) is 0 Å². The zero-order valence-corrected chi connectivity index (χ0v) is 8.14. The molecule has 0 spiro atoms.